The van der Waals surface area contributed by atoms with Gasteiger partial charge in [0.25, 0.3) is 5.92 Å². The molecule has 0 saturated carbocycles. The smallest absolute Gasteiger partial charge is 0.241 e. The van der Waals surface area contributed by atoms with Gasteiger partial charge in [0.1, 0.15) is 5.01 Å². The van der Waals surface area contributed by atoms with Gasteiger partial charge < -0.3 is 0 Å². The van der Waals surface area contributed by atoms with Gasteiger partial charge in [0.15, 0.2) is 0 Å². The monoisotopic (exact) mass is 333 g/mol. The Morgan fingerprint density at radius 2 is 1.73 bits per heavy atom. The van der Waals surface area contributed by atoms with Gasteiger partial charge in [-0.2, -0.15) is 13.2 Å². The van der Waals surface area contributed by atoms with Crippen LogP contribution in [0.1, 0.15) is 16.1 Å². The van der Waals surface area contributed by atoms with Crippen molar-refractivity contribution >= 4 is 11.3 Å². The molecule has 0 fully saturated rings. The van der Waals surface area contributed by atoms with Gasteiger partial charge in [0.05, 0.1) is 17.7 Å². The number of rotatable bonds is 4. The summed E-state index contributed by atoms with van der Waals surface area (Å²) in [6.45, 7) is 4.68. The minimum atomic E-state index is -4.41. The first kappa shape index (κ1) is 16.6. The predicted molar refractivity (Wildman–Crippen MR) is 76.1 cm³/mol. The summed E-state index contributed by atoms with van der Waals surface area (Å²) in [7, 11) is 0. The maximum absolute atomic E-state index is 13.4. The minimum Gasteiger partial charge on any atom is -0.241 e. The first-order chi connectivity index (χ1) is 10.1. The van der Waals surface area contributed by atoms with Crippen LogP contribution in [0.2, 0.25) is 0 Å². The summed E-state index contributed by atoms with van der Waals surface area (Å²) in [6.07, 6.45) is -4.35. The standard InChI is InChI=1S/C15H12F5NS/c1-3-14(16,17)8-12-9(2)21-13(22-12)10-4-6-11(7-5-10)15(18,19)20/h3-7H,1,8H2,2H3. The van der Waals surface area contributed by atoms with Gasteiger partial charge in [-0.05, 0) is 25.1 Å². The fraction of sp³-hybridized carbons (Fsp3) is 0.267. The van der Waals surface area contributed by atoms with Crippen LogP contribution in [-0.2, 0) is 12.6 Å². The van der Waals surface area contributed by atoms with Crippen LogP contribution in [0, 0.1) is 6.92 Å². The zero-order chi connectivity index (χ0) is 16.5. The number of nitrogens with zero attached hydrogens (tertiary/aromatic N) is 1. The quantitative estimate of drug-likeness (QED) is 0.532. The van der Waals surface area contributed by atoms with E-state index in [1.54, 1.807) is 6.92 Å². The van der Waals surface area contributed by atoms with Crippen molar-refractivity contribution in [3.8, 4) is 10.6 Å². The van der Waals surface area contributed by atoms with E-state index in [0.29, 0.717) is 27.2 Å². The number of halogens is 5. The third kappa shape index (κ3) is 3.71. The lowest BCUT2D eigenvalue weighted by molar-refractivity contribution is -0.137. The molecule has 0 spiro atoms. The minimum absolute atomic E-state index is 0.389. The SMILES string of the molecule is C=CC(F)(F)Cc1sc(-c2ccc(C(F)(F)F)cc2)nc1C. The van der Waals surface area contributed by atoms with Crippen LogP contribution >= 0.6 is 11.3 Å². The van der Waals surface area contributed by atoms with Crippen molar-refractivity contribution in [2.45, 2.75) is 25.4 Å². The molecule has 0 aliphatic carbocycles. The topological polar surface area (TPSA) is 12.9 Å². The molecule has 0 aliphatic rings. The zero-order valence-electron chi connectivity index (χ0n) is 11.5. The van der Waals surface area contributed by atoms with Crippen LogP contribution in [0.25, 0.3) is 10.6 Å². The Balaban J connectivity index is 2.29. The number of hydrogen-bond acceptors (Lipinski definition) is 2. The fourth-order valence-electron chi connectivity index (χ4n) is 1.80. The largest absolute Gasteiger partial charge is 0.416 e. The third-order valence-corrected chi connectivity index (χ3v) is 4.25. The van der Waals surface area contributed by atoms with Crippen molar-refractivity contribution in [3.05, 3.63) is 53.1 Å². The Morgan fingerprint density at radius 3 is 2.23 bits per heavy atom. The molecule has 0 aliphatic heterocycles. The molecule has 1 nitrogen and oxygen atoms in total. The molecule has 22 heavy (non-hydrogen) atoms. The van der Waals surface area contributed by atoms with Gasteiger partial charge in [-0.1, -0.05) is 18.7 Å². The molecule has 0 unspecified atom stereocenters. The molecule has 2 rings (SSSR count). The Morgan fingerprint density at radius 1 is 1.14 bits per heavy atom. The van der Waals surface area contributed by atoms with Gasteiger partial charge in [0.2, 0.25) is 0 Å². The molecule has 1 heterocycles. The van der Waals surface area contributed by atoms with Gasteiger partial charge in [-0.25, -0.2) is 13.8 Å². The lowest BCUT2D eigenvalue weighted by Gasteiger charge is -2.09. The third-order valence-electron chi connectivity index (χ3n) is 3.05. The Hall–Kier alpha value is -1.76. The second-order valence-electron chi connectivity index (χ2n) is 4.74. The average molecular weight is 333 g/mol. The van der Waals surface area contributed by atoms with Crippen LogP contribution in [0.3, 0.4) is 0 Å². The molecular formula is C15H12F5NS. The highest BCUT2D eigenvalue weighted by molar-refractivity contribution is 7.15. The molecule has 1 aromatic heterocycles. The van der Waals surface area contributed by atoms with E-state index in [1.807, 2.05) is 0 Å². The normalized spacial score (nSPS) is 12.5. The van der Waals surface area contributed by atoms with Gasteiger partial charge >= 0.3 is 6.18 Å². The van der Waals surface area contributed by atoms with Crippen molar-refractivity contribution < 1.29 is 22.0 Å². The van der Waals surface area contributed by atoms with Crippen LogP contribution < -0.4 is 0 Å². The summed E-state index contributed by atoms with van der Waals surface area (Å²) in [4.78, 5) is 4.55. The van der Waals surface area contributed by atoms with Gasteiger partial charge in [-0.15, -0.1) is 11.3 Å². The average Bonchev–Trinajstić information content (AvgIpc) is 2.79. The number of allylic oxidation sites excluding steroid dienone is 1. The molecule has 0 radical (unpaired) electrons. The number of aromatic nitrogens is 1. The highest BCUT2D eigenvalue weighted by atomic mass is 32.1. The van der Waals surface area contributed by atoms with E-state index in [1.165, 1.54) is 12.1 Å². The van der Waals surface area contributed by atoms with E-state index in [9.17, 15) is 22.0 Å². The molecular weight excluding hydrogens is 321 g/mol. The van der Waals surface area contributed by atoms with E-state index >= 15 is 0 Å². The predicted octanol–water partition coefficient (Wildman–Crippen LogP) is 5.50. The molecule has 118 valence electrons. The van der Waals surface area contributed by atoms with Crippen molar-refractivity contribution in [2.75, 3.05) is 0 Å². The summed E-state index contributed by atoms with van der Waals surface area (Å²) < 4.78 is 64.2. The summed E-state index contributed by atoms with van der Waals surface area (Å²) in [5, 5.41) is 0.418. The molecule has 0 amide bonds. The molecule has 0 saturated heterocycles. The molecule has 7 heteroatoms. The summed E-state index contributed by atoms with van der Waals surface area (Å²) in [5.41, 5.74) is 0.152. The highest BCUT2D eigenvalue weighted by Crippen LogP contribution is 2.34. The lowest BCUT2D eigenvalue weighted by Crippen LogP contribution is -2.15. The molecule has 0 N–H and O–H groups in total. The van der Waals surface area contributed by atoms with Crippen molar-refractivity contribution in [2.24, 2.45) is 0 Å². The van der Waals surface area contributed by atoms with E-state index in [2.05, 4.69) is 11.6 Å². The van der Waals surface area contributed by atoms with Crippen LogP contribution in [0.15, 0.2) is 36.9 Å². The van der Waals surface area contributed by atoms with E-state index in [0.717, 1.165) is 23.5 Å². The van der Waals surface area contributed by atoms with Crippen LogP contribution in [0.4, 0.5) is 22.0 Å². The van der Waals surface area contributed by atoms with Gasteiger partial charge in [-0.3, -0.25) is 0 Å². The van der Waals surface area contributed by atoms with Crippen LogP contribution in [-0.4, -0.2) is 10.9 Å². The molecule has 1 aromatic carbocycles. The van der Waals surface area contributed by atoms with Crippen molar-refractivity contribution in [1.82, 2.24) is 4.98 Å². The Labute approximate surface area is 128 Å². The number of alkyl halides is 5. The lowest BCUT2D eigenvalue weighted by atomic mass is 10.1. The maximum Gasteiger partial charge on any atom is 0.416 e. The zero-order valence-corrected chi connectivity index (χ0v) is 12.4. The number of hydrogen-bond donors (Lipinski definition) is 0. The Bertz CT molecular complexity index is 670. The first-order valence-corrected chi connectivity index (χ1v) is 7.09. The summed E-state index contributed by atoms with van der Waals surface area (Å²) in [6, 6.07) is 4.47. The number of thiazole rings is 1. The van der Waals surface area contributed by atoms with E-state index in [-0.39, 0.29) is 0 Å². The Kier molecular flexibility index (Phi) is 4.37. The second kappa shape index (κ2) is 5.79. The highest BCUT2D eigenvalue weighted by Gasteiger charge is 2.30. The van der Waals surface area contributed by atoms with Gasteiger partial charge in [0, 0.05) is 10.4 Å². The number of benzene rings is 1. The first-order valence-electron chi connectivity index (χ1n) is 6.28. The van der Waals surface area contributed by atoms with E-state index < -0.39 is 24.1 Å². The van der Waals surface area contributed by atoms with Crippen molar-refractivity contribution in [1.29, 1.82) is 0 Å². The van der Waals surface area contributed by atoms with E-state index in [4.69, 9.17) is 0 Å². The molecule has 2 aromatic rings. The second-order valence-corrected chi connectivity index (χ2v) is 5.83. The number of aryl methyl sites for hydroxylation is 1. The van der Waals surface area contributed by atoms with Crippen LogP contribution in [0.5, 0.6) is 0 Å². The molecule has 0 atom stereocenters. The van der Waals surface area contributed by atoms with Crippen molar-refractivity contribution in [3.63, 3.8) is 0 Å². The summed E-state index contributed by atoms with van der Waals surface area (Å²) >= 11 is 1.05. The molecule has 0 bridgehead atoms. The maximum atomic E-state index is 13.4. The summed E-state index contributed by atoms with van der Waals surface area (Å²) in [5.74, 6) is -3.03. The fourth-order valence-corrected chi connectivity index (χ4v) is 2.93.